The minimum atomic E-state index is -0.592. The maximum absolute atomic E-state index is 11.9. The van der Waals surface area contributed by atoms with Crippen LogP contribution in [-0.4, -0.2) is 50.4 Å². The van der Waals surface area contributed by atoms with Crippen molar-refractivity contribution in [2.24, 2.45) is 0 Å². The quantitative estimate of drug-likeness (QED) is 0.708. The van der Waals surface area contributed by atoms with Gasteiger partial charge in [-0.05, 0) is 48.5 Å². The molecule has 0 aliphatic heterocycles. The average molecular weight is 369 g/mol. The van der Waals surface area contributed by atoms with Crippen molar-refractivity contribution in [1.82, 2.24) is 30.8 Å². The number of tetrazole rings is 1. The van der Waals surface area contributed by atoms with Gasteiger partial charge in [0.2, 0.25) is 17.0 Å². The van der Waals surface area contributed by atoms with Gasteiger partial charge in [0.05, 0.1) is 11.4 Å². The zero-order chi connectivity index (χ0) is 17.5. The van der Waals surface area contributed by atoms with Crippen molar-refractivity contribution in [3.63, 3.8) is 0 Å². The molecule has 0 aliphatic carbocycles. The zero-order valence-electron chi connectivity index (χ0n) is 13.2. The van der Waals surface area contributed by atoms with Crippen molar-refractivity contribution >= 4 is 35.2 Å². The van der Waals surface area contributed by atoms with E-state index in [1.54, 1.807) is 31.2 Å². The first-order valence-electron chi connectivity index (χ1n) is 7.25. The van der Waals surface area contributed by atoms with Crippen molar-refractivity contribution in [3.8, 4) is 5.69 Å². The lowest BCUT2D eigenvalue weighted by molar-refractivity contribution is -0.127. The Hall–Kier alpha value is -2.13. The number of nitrogens with zero attached hydrogens (tertiary/aromatic N) is 4. The number of amides is 2. The van der Waals surface area contributed by atoms with Crippen molar-refractivity contribution in [1.29, 1.82) is 0 Å². The third kappa shape index (κ3) is 4.93. The summed E-state index contributed by atoms with van der Waals surface area (Å²) in [6, 6.07) is 6.42. The molecule has 0 unspecified atom stereocenters. The largest absolute Gasteiger partial charge is 0.355 e. The van der Waals surface area contributed by atoms with E-state index in [0.717, 1.165) is 5.69 Å². The third-order valence-corrected chi connectivity index (χ3v) is 4.14. The lowest BCUT2D eigenvalue weighted by atomic mass is 10.3. The summed E-state index contributed by atoms with van der Waals surface area (Å²) in [7, 11) is 0. The monoisotopic (exact) mass is 368 g/mol. The first-order chi connectivity index (χ1) is 11.5. The Morgan fingerprint density at radius 2 is 2.04 bits per heavy atom. The smallest absolute Gasteiger partial charge is 0.242 e. The van der Waals surface area contributed by atoms with E-state index in [9.17, 15) is 9.59 Å². The summed E-state index contributed by atoms with van der Waals surface area (Å²) in [6.07, 6.45) is 0. The average Bonchev–Trinajstić information content (AvgIpc) is 3.02. The van der Waals surface area contributed by atoms with Crippen LogP contribution in [0.25, 0.3) is 5.69 Å². The van der Waals surface area contributed by atoms with Crippen LogP contribution < -0.4 is 10.6 Å². The molecule has 0 saturated carbocycles. The highest BCUT2D eigenvalue weighted by Gasteiger charge is 2.16. The number of thioether (sulfide) groups is 1. The van der Waals surface area contributed by atoms with Crippen LogP contribution in [0.2, 0.25) is 5.02 Å². The summed E-state index contributed by atoms with van der Waals surface area (Å²) in [5.41, 5.74) is 0.739. The van der Waals surface area contributed by atoms with Crippen LogP contribution in [0.5, 0.6) is 0 Å². The van der Waals surface area contributed by atoms with E-state index < -0.39 is 6.04 Å². The molecular formula is C14H17ClN6O2S. The highest BCUT2D eigenvalue weighted by Crippen LogP contribution is 2.19. The highest BCUT2D eigenvalue weighted by molar-refractivity contribution is 7.99. The van der Waals surface area contributed by atoms with Gasteiger partial charge in [-0.15, -0.1) is 5.10 Å². The minimum absolute atomic E-state index is 0.0949. The first kappa shape index (κ1) is 18.2. The lowest BCUT2D eigenvalue weighted by Gasteiger charge is -2.12. The Morgan fingerprint density at radius 1 is 1.33 bits per heavy atom. The van der Waals surface area contributed by atoms with E-state index in [-0.39, 0.29) is 17.6 Å². The molecule has 0 bridgehead atoms. The van der Waals surface area contributed by atoms with Crippen LogP contribution in [0.15, 0.2) is 29.4 Å². The van der Waals surface area contributed by atoms with E-state index >= 15 is 0 Å². The van der Waals surface area contributed by atoms with Gasteiger partial charge < -0.3 is 10.6 Å². The molecule has 8 nitrogen and oxygen atoms in total. The van der Waals surface area contributed by atoms with E-state index in [0.29, 0.717) is 16.7 Å². The molecule has 24 heavy (non-hydrogen) atoms. The molecule has 128 valence electrons. The number of aromatic nitrogens is 4. The Labute approximate surface area is 148 Å². The molecule has 0 fully saturated rings. The standard InChI is InChI=1S/C14H17ClN6O2S/c1-3-16-13(23)9(2)17-12(22)8-24-14-18-19-20-21(14)11-6-4-10(15)5-7-11/h4-7,9H,3,8H2,1-2H3,(H,16,23)(H,17,22)/t9-/m1/s1. The SMILES string of the molecule is CCNC(=O)[C@@H](C)NC(=O)CSc1nnnn1-c1ccc(Cl)cc1. The number of hydrogen-bond acceptors (Lipinski definition) is 6. The van der Waals surface area contributed by atoms with Gasteiger partial charge in [0.25, 0.3) is 0 Å². The molecule has 2 amide bonds. The Balaban J connectivity index is 1.93. The molecule has 0 radical (unpaired) electrons. The van der Waals surface area contributed by atoms with E-state index in [4.69, 9.17) is 11.6 Å². The van der Waals surface area contributed by atoms with Gasteiger partial charge in [-0.2, -0.15) is 4.68 Å². The van der Waals surface area contributed by atoms with Crippen molar-refractivity contribution in [2.75, 3.05) is 12.3 Å². The van der Waals surface area contributed by atoms with Gasteiger partial charge in [0.1, 0.15) is 6.04 Å². The van der Waals surface area contributed by atoms with E-state index in [2.05, 4.69) is 26.2 Å². The molecule has 2 aromatic rings. The van der Waals surface area contributed by atoms with Crippen LogP contribution in [0.3, 0.4) is 0 Å². The van der Waals surface area contributed by atoms with Crippen LogP contribution in [-0.2, 0) is 9.59 Å². The lowest BCUT2D eigenvalue weighted by Crippen LogP contribution is -2.45. The van der Waals surface area contributed by atoms with Crippen molar-refractivity contribution < 1.29 is 9.59 Å². The van der Waals surface area contributed by atoms with E-state index in [1.165, 1.54) is 16.4 Å². The number of hydrogen-bond donors (Lipinski definition) is 2. The van der Waals surface area contributed by atoms with Gasteiger partial charge in [0.15, 0.2) is 0 Å². The van der Waals surface area contributed by atoms with Gasteiger partial charge >= 0.3 is 0 Å². The summed E-state index contributed by atoms with van der Waals surface area (Å²) in [5, 5.41) is 17.8. The normalized spacial score (nSPS) is 11.8. The molecule has 0 spiro atoms. The molecular weight excluding hydrogens is 352 g/mol. The molecule has 0 aliphatic rings. The molecule has 1 aromatic heterocycles. The summed E-state index contributed by atoms with van der Waals surface area (Å²) < 4.78 is 1.52. The predicted molar refractivity (Wildman–Crippen MR) is 91.2 cm³/mol. The van der Waals surface area contributed by atoms with Crippen molar-refractivity contribution in [2.45, 2.75) is 25.0 Å². The Kier molecular flexibility index (Phi) is 6.56. The third-order valence-electron chi connectivity index (χ3n) is 2.97. The number of carbonyl (C=O) groups is 2. The maximum Gasteiger partial charge on any atom is 0.242 e. The second-order valence-corrected chi connectivity index (χ2v) is 6.20. The van der Waals surface area contributed by atoms with Gasteiger partial charge in [-0.3, -0.25) is 9.59 Å². The Bertz CT molecular complexity index is 706. The number of nitrogens with one attached hydrogen (secondary N) is 2. The predicted octanol–water partition coefficient (Wildman–Crippen LogP) is 1.05. The molecule has 1 atom stereocenters. The number of rotatable bonds is 7. The molecule has 0 saturated heterocycles. The van der Waals surface area contributed by atoms with E-state index in [1.807, 2.05) is 6.92 Å². The number of likely N-dealkylation sites (N-methyl/N-ethyl adjacent to an activating group) is 1. The molecule has 2 rings (SSSR count). The maximum atomic E-state index is 11.9. The second kappa shape index (κ2) is 8.65. The van der Waals surface area contributed by atoms with Crippen LogP contribution in [0, 0.1) is 0 Å². The fourth-order valence-electron chi connectivity index (χ4n) is 1.82. The Morgan fingerprint density at radius 3 is 2.71 bits per heavy atom. The van der Waals surface area contributed by atoms with Gasteiger partial charge in [-0.1, -0.05) is 23.4 Å². The van der Waals surface area contributed by atoms with Gasteiger partial charge in [0, 0.05) is 11.6 Å². The summed E-state index contributed by atoms with van der Waals surface area (Å²) >= 11 is 7.04. The fourth-order valence-corrected chi connectivity index (χ4v) is 2.65. The first-order valence-corrected chi connectivity index (χ1v) is 8.61. The van der Waals surface area contributed by atoms with Crippen LogP contribution >= 0.6 is 23.4 Å². The molecule has 10 heteroatoms. The molecule has 1 aromatic carbocycles. The van der Waals surface area contributed by atoms with Crippen LogP contribution in [0.4, 0.5) is 0 Å². The number of carbonyl (C=O) groups excluding carboxylic acids is 2. The summed E-state index contributed by atoms with van der Waals surface area (Å²) in [4.78, 5) is 23.5. The topological polar surface area (TPSA) is 102 Å². The summed E-state index contributed by atoms with van der Waals surface area (Å²) in [6.45, 7) is 3.97. The van der Waals surface area contributed by atoms with Gasteiger partial charge in [-0.25, -0.2) is 0 Å². The van der Waals surface area contributed by atoms with Crippen LogP contribution in [0.1, 0.15) is 13.8 Å². The number of benzene rings is 1. The molecule has 1 heterocycles. The minimum Gasteiger partial charge on any atom is -0.355 e. The summed E-state index contributed by atoms with van der Waals surface area (Å²) in [5.74, 6) is -0.399. The zero-order valence-corrected chi connectivity index (χ0v) is 14.8. The highest BCUT2D eigenvalue weighted by atomic mass is 35.5. The molecule has 2 N–H and O–H groups in total. The fraction of sp³-hybridized carbons (Fsp3) is 0.357. The number of halogens is 1. The second-order valence-electron chi connectivity index (χ2n) is 4.82. The van der Waals surface area contributed by atoms with Crippen molar-refractivity contribution in [3.05, 3.63) is 29.3 Å².